The minimum atomic E-state index is -0.456. The molecular formula is C20H23NO6S. The van der Waals surface area contributed by atoms with E-state index in [2.05, 4.69) is 5.32 Å². The minimum absolute atomic E-state index is 0.120. The van der Waals surface area contributed by atoms with Crippen LogP contribution in [0.2, 0.25) is 0 Å². The summed E-state index contributed by atoms with van der Waals surface area (Å²) in [6, 6.07) is 12.7. The van der Waals surface area contributed by atoms with Gasteiger partial charge in [-0.1, -0.05) is 6.07 Å². The van der Waals surface area contributed by atoms with Crippen LogP contribution in [0.4, 0.5) is 0 Å². The van der Waals surface area contributed by atoms with E-state index < -0.39 is 5.97 Å². The normalized spacial score (nSPS) is 10.1. The summed E-state index contributed by atoms with van der Waals surface area (Å²) in [5, 5.41) is 2.70. The zero-order valence-electron chi connectivity index (χ0n) is 16.0. The fourth-order valence-corrected chi connectivity index (χ4v) is 2.94. The predicted octanol–water partition coefficient (Wildman–Crippen LogP) is 2.66. The van der Waals surface area contributed by atoms with Crippen LogP contribution in [-0.2, 0) is 20.9 Å². The van der Waals surface area contributed by atoms with E-state index in [0.717, 1.165) is 16.2 Å². The van der Waals surface area contributed by atoms with Crippen molar-refractivity contribution >= 4 is 23.6 Å². The standard InChI is InChI=1S/C20H23NO6S/c1-24-15-5-7-16(8-6-15)28-13-20(23)27-12-19(22)21-11-14-4-9-17(25-2)18(10-14)26-3/h4-10H,11-13H2,1-3H3,(H,21,22). The van der Waals surface area contributed by atoms with Gasteiger partial charge in [0.15, 0.2) is 18.1 Å². The topological polar surface area (TPSA) is 83.1 Å². The number of nitrogens with one attached hydrogen (secondary N) is 1. The molecule has 0 aliphatic heterocycles. The summed E-state index contributed by atoms with van der Waals surface area (Å²) in [7, 11) is 4.69. The van der Waals surface area contributed by atoms with Crippen molar-refractivity contribution in [3.63, 3.8) is 0 Å². The average molecular weight is 405 g/mol. The van der Waals surface area contributed by atoms with Crippen molar-refractivity contribution in [2.75, 3.05) is 33.7 Å². The molecule has 0 saturated heterocycles. The second-order valence-electron chi connectivity index (χ2n) is 5.59. The van der Waals surface area contributed by atoms with E-state index in [1.807, 2.05) is 30.3 Å². The van der Waals surface area contributed by atoms with E-state index in [1.54, 1.807) is 33.5 Å². The van der Waals surface area contributed by atoms with Gasteiger partial charge in [-0.2, -0.15) is 0 Å². The van der Waals surface area contributed by atoms with Crippen LogP contribution in [0.1, 0.15) is 5.56 Å². The molecule has 0 fully saturated rings. The van der Waals surface area contributed by atoms with Crippen LogP contribution in [0.15, 0.2) is 47.4 Å². The molecule has 1 amide bonds. The summed E-state index contributed by atoms with van der Waals surface area (Å²) in [5.41, 5.74) is 0.840. The van der Waals surface area contributed by atoms with Crippen molar-refractivity contribution in [1.82, 2.24) is 5.32 Å². The Labute approximate surface area is 168 Å². The Hall–Kier alpha value is -2.87. The van der Waals surface area contributed by atoms with E-state index in [0.29, 0.717) is 11.5 Å². The molecule has 0 spiro atoms. The zero-order valence-corrected chi connectivity index (χ0v) is 16.8. The molecule has 8 heteroatoms. The molecule has 0 saturated carbocycles. The number of esters is 1. The number of carbonyl (C=O) groups is 2. The van der Waals surface area contributed by atoms with Crippen LogP contribution < -0.4 is 19.5 Å². The van der Waals surface area contributed by atoms with Crippen LogP contribution in [0.3, 0.4) is 0 Å². The minimum Gasteiger partial charge on any atom is -0.497 e. The Kier molecular flexibility index (Phi) is 8.48. The number of amides is 1. The van der Waals surface area contributed by atoms with Crippen LogP contribution in [0.25, 0.3) is 0 Å². The number of thioether (sulfide) groups is 1. The first-order valence-electron chi connectivity index (χ1n) is 8.45. The number of hydrogen-bond acceptors (Lipinski definition) is 7. The lowest BCUT2D eigenvalue weighted by Gasteiger charge is -2.10. The van der Waals surface area contributed by atoms with E-state index in [1.165, 1.54) is 11.8 Å². The number of methoxy groups -OCH3 is 3. The summed E-state index contributed by atoms with van der Waals surface area (Å²) in [4.78, 5) is 24.6. The van der Waals surface area contributed by atoms with Crippen LogP contribution in [0, 0.1) is 0 Å². The molecule has 2 aromatic rings. The Morgan fingerprint density at radius 1 is 0.929 bits per heavy atom. The van der Waals surface area contributed by atoms with Gasteiger partial charge in [-0.05, 0) is 42.0 Å². The molecule has 7 nitrogen and oxygen atoms in total. The molecule has 0 aromatic heterocycles. The van der Waals surface area contributed by atoms with E-state index >= 15 is 0 Å². The van der Waals surface area contributed by atoms with E-state index in [4.69, 9.17) is 18.9 Å². The van der Waals surface area contributed by atoms with Gasteiger partial charge in [0, 0.05) is 11.4 Å². The zero-order chi connectivity index (χ0) is 20.4. The van der Waals surface area contributed by atoms with Crippen molar-refractivity contribution < 1.29 is 28.5 Å². The summed E-state index contributed by atoms with van der Waals surface area (Å²) in [6.07, 6.45) is 0. The molecular weight excluding hydrogens is 382 g/mol. The summed E-state index contributed by atoms with van der Waals surface area (Å²) < 4.78 is 20.5. The molecule has 1 N–H and O–H groups in total. The predicted molar refractivity (Wildman–Crippen MR) is 106 cm³/mol. The lowest BCUT2D eigenvalue weighted by Crippen LogP contribution is -2.28. The number of benzene rings is 2. The second-order valence-corrected chi connectivity index (χ2v) is 6.64. The Bertz CT molecular complexity index is 794. The maximum Gasteiger partial charge on any atom is 0.316 e. The first-order valence-corrected chi connectivity index (χ1v) is 9.44. The lowest BCUT2D eigenvalue weighted by molar-refractivity contribution is -0.145. The lowest BCUT2D eigenvalue weighted by atomic mass is 10.2. The Balaban J connectivity index is 1.70. The largest absolute Gasteiger partial charge is 0.497 e. The third-order valence-electron chi connectivity index (χ3n) is 3.72. The number of rotatable bonds is 10. The first-order chi connectivity index (χ1) is 13.5. The van der Waals surface area contributed by atoms with Crippen LogP contribution in [-0.4, -0.2) is 45.6 Å². The van der Waals surface area contributed by atoms with Crippen LogP contribution >= 0.6 is 11.8 Å². The van der Waals surface area contributed by atoms with Gasteiger partial charge in [0.1, 0.15) is 5.75 Å². The molecule has 150 valence electrons. The molecule has 28 heavy (non-hydrogen) atoms. The van der Waals surface area contributed by atoms with Gasteiger partial charge in [-0.15, -0.1) is 11.8 Å². The van der Waals surface area contributed by atoms with Crippen molar-refractivity contribution in [2.45, 2.75) is 11.4 Å². The maximum atomic E-state index is 11.9. The molecule has 0 aliphatic carbocycles. The highest BCUT2D eigenvalue weighted by atomic mass is 32.2. The fourth-order valence-electron chi connectivity index (χ4n) is 2.24. The van der Waals surface area contributed by atoms with Crippen molar-refractivity contribution in [1.29, 1.82) is 0 Å². The van der Waals surface area contributed by atoms with Crippen molar-refractivity contribution in [3.8, 4) is 17.2 Å². The smallest absolute Gasteiger partial charge is 0.316 e. The molecule has 0 unspecified atom stereocenters. The van der Waals surface area contributed by atoms with Gasteiger partial charge >= 0.3 is 5.97 Å². The molecule has 0 heterocycles. The highest BCUT2D eigenvalue weighted by molar-refractivity contribution is 8.00. The van der Waals surface area contributed by atoms with Gasteiger partial charge < -0.3 is 24.3 Å². The van der Waals surface area contributed by atoms with Crippen LogP contribution in [0.5, 0.6) is 17.2 Å². The third kappa shape index (κ3) is 6.70. The van der Waals surface area contributed by atoms with Gasteiger partial charge in [-0.3, -0.25) is 9.59 Å². The quantitative estimate of drug-likeness (QED) is 0.481. The third-order valence-corrected chi connectivity index (χ3v) is 4.70. The summed E-state index contributed by atoms with van der Waals surface area (Å²) in [6.45, 7) is -0.0351. The Morgan fingerprint density at radius 2 is 1.64 bits per heavy atom. The fraction of sp³-hybridized carbons (Fsp3) is 0.300. The number of ether oxygens (including phenoxy) is 4. The average Bonchev–Trinajstić information content (AvgIpc) is 2.74. The van der Waals surface area contributed by atoms with Crippen molar-refractivity contribution in [2.24, 2.45) is 0 Å². The second kappa shape index (κ2) is 11.1. The molecule has 0 bridgehead atoms. The van der Waals surface area contributed by atoms with E-state index in [-0.39, 0.29) is 24.8 Å². The number of carbonyl (C=O) groups excluding carboxylic acids is 2. The molecule has 0 atom stereocenters. The Morgan fingerprint density at radius 3 is 2.29 bits per heavy atom. The van der Waals surface area contributed by atoms with Gasteiger partial charge in [0.25, 0.3) is 5.91 Å². The summed E-state index contributed by atoms with van der Waals surface area (Å²) in [5.74, 6) is 1.23. The molecule has 2 aromatic carbocycles. The number of hydrogen-bond donors (Lipinski definition) is 1. The van der Waals surface area contributed by atoms with Gasteiger partial charge in [0.05, 0.1) is 27.1 Å². The maximum absolute atomic E-state index is 11.9. The molecule has 0 radical (unpaired) electrons. The first kappa shape index (κ1) is 21.4. The monoisotopic (exact) mass is 405 g/mol. The molecule has 0 aliphatic rings. The SMILES string of the molecule is COc1ccc(SCC(=O)OCC(=O)NCc2ccc(OC)c(OC)c2)cc1. The van der Waals surface area contributed by atoms with Gasteiger partial charge in [0.2, 0.25) is 0 Å². The van der Waals surface area contributed by atoms with Crippen molar-refractivity contribution in [3.05, 3.63) is 48.0 Å². The van der Waals surface area contributed by atoms with E-state index in [9.17, 15) is 9.59 Å². The summed E-state index contributed by atoms with van der Waals surface area (Å²) >= 11 is 1.33. The highest BCUT2D eigenvalue weighted by Gasteiger charge is 2.10. The highest BCUT2D eigenvalue weighted by Crippen LogP contribution is 2.27. The molecule has 2 rings (SSSR count). The van der Waals surface area contributed by atoms with Gasteiger partial charge in [-0.25, -0.2) is 0 Å².